The van der Waals surface area contributed by atoms with E-state index in [1.165, 1.54) is 5.56 Å². The Hall–Kier alpha value is -1.39. The summed E-state index contributed by atoms with van der Waals surface area (Å²) < 4.78 is 5.61. The maximum atomic E-state index is 12.1. The monoisotopic (exact) mass is 290 g/mol. The topological polar surface area (TPSA) is 50.4 Å². The first-order valence-corrected chi connectivity index (χ1v) is 7.94. The molecule has 0 spiro atoms. The van der Waals surface area contributed by atoms with Crippen LogP contribution >= 0.6 is 0 Å². The zero-order chi connectivity index (χ0) is 15.1. The van der Waals surface area contributed by atoms with Crippen LogP contribution in [-0.4, -0.2) is 25.2 Å². The van der Waals surface area contributed by atoms with Crippen molar-refractivity contribution in [2.75, 3.05) is 18.5 Å². The molecule has 2 atom stereocenters. The van der Waals surface area contributed by atoms with Gasteiger partial charge in [-0.3, -0.25) is 4.79 Å². The summed E-state index contributed by atoms with van der Waals surface area (Å²) in [6.07, 6.45) is 3.80. The highest BCUT2D eigenvalue weighted by atomic mass is 16.5. The molecule has 0 saturated carbocycles. The van der Waals surface area contributed by atoms with Gasteiger partial charge in [-0.05, 0) is 50.4 Å². The van der Waals surface area contributed by atoms with Crippen LogP contribution in [0.25, 0.3) is 0 Å². The molecule has 1 aromatic rings. The minimum Gasteiger partial charge on any atom is -0.378 e. The molecule has 2 unspecified atom stereocenters. The van der Waals surface area contributed by atoms with Gasteiger partial charge in [-0.1, -0.05) is 19.1 Å². The molecule has 1 saturated heterocycles. The number of ether oxygens (including phenoxy) is 1. The van der Waals surface area contributed by atoms with Crippen LogP contribution in [0.1, 0.15) is 51.1 Å². The number of carbonyl (C=O) groups excluding carboxylic acids is 1. The lowest BCUT2D eigenvalue weighted by atomic mass is 10.1. The summed E-state index contributed by atoms with van der Waals surface area (Å²) in [5, 5.41) is 6.36. The molecule has 4 nitrogen and oxygen atoms in total. The minimum absolute atomic E-state index is 0.0372. The minimum atomic E-state index is 0.0372. The van der Waals surface area contributed by atoms with Crippen LogP contribution in [-0.2, 0) is 9.53 Å². The molecule has 21 heavy (non-hydrogen) atoms. The van der Waals surface area contributed by atoms with Crippen LogP contribution in [0, 0.1) is 0 Å². The van der Waals surface area contributed by atoms with E-state index in [4.69, 9.17) is 4.74 Å². The second-order valence-electron chi connectivity index (χ2n) is 5.65. The van der Waals surface area contributed by atoms with Gasteiger partial charge < -0.3 is 15.4 Å². The van der Waals surface area contributed by atoms with Crippen LogP contribution in [0.2, 0.25) is 0 Å². The third-order valence-corrected chi connectivity index (χ3v) is 3.87. The van der Waals surface area contributed by atoms with Crippen molar-refractivity contribution in [1.29, 1.82) is 0 Å². The third kappa shape index (κ3) is 5.14. The van der Waals surface area contributed by atoms with Crippen molar-refractivity contribution in [3.63, 3.8) is 0 Å². The molecule has 0 bridgehead atoms. The van der Waals surface area contributed by atoms with E-state index >= 15 is 0 Å². The Morgan fingerprint density at radius 2 is 2.29 bits per heavy atom. The maximum absolute atomic E-state index is 12.1. The Morgan fingerprint density at radius 3 is 3.00 bits per heavy atom. The molecule has 1 aliphatic heterocycles. The Morgan fingerprint density at radius 1 is 1.43 bits per heavy atom. The van der Waals surface area contributed by atoms with E-state index in [1.54, 1.807) is 0 Å². The molecule has 1 heterocycles. The fraction of sp³-hybridized carbons (Fsp3) is 0.588. The van der Waals surface area contributed by atoms with E-state index in [9.17, 15) is 4.79 Å². The molecule has 4 heteroatoms. The van der Waals surface area contributed by atoms with Gasteiger partial charge in [0.1, 0.15) is 0 Å². The highest BCUT2D eigenvalue weighted by molar-refractivity contribution is 5.91. The quantitative estimate of drug-likeness (QED) is 0.845. The van der Waals surface area contributed by atoms with Gasteiger partial charge in [0.05, 0.1) is 12.5 Å². The predicted octanol–water partition coefficient (Wildman–Crippen LogP) is 3.25. The first kappa shape index (κ1) is 16.0. The summed E-state index contributed by atoms with van der Waals surface area (Å²) in [6, 6.07) is 8.31. The zero-order valence-electron chi connectivity index (χ0n) is 13.0. The fourth-order valence-corrected chi connectivity index (χ4v) is 2.70. The van der Waals surface area contributed by atoms with Gasteiger partial charge in [-0.25, -0.2) is 0 Å². The molecular formula is C17H26N2O2. The second kappa shape index (κ2) is 8.15. The molecule has 0 aromatic heterocycles. The van der Waals surface area contributed by atoms with Crippen LogP contribution in [0.3, 0.4) is 0 Å². The fourth-order valence-electron chi connectivity index (χ4n) is 2.70. The van der Waals surface area contributed by atoms with Crippen molar-refractivity contribution in [1.82, 2.24) is 5.32 Å². The predicted molar refractivity (Wildman–Crippen MR) is 85.4 cm³/mol. The molecule has 2 N–H and O–H groups in total. The van der Waals surface area contributed by atoms with Crippen LogP contribution in [0.4, 0.5) is 5.69 Å². The van der Waals surface area contributed by atoms with E-state index < -0.39 is 0 Å². The van der Waals surface area contributed by atoms with Gasteiger partial charge in [-0.15, -0.1) is 0 Å². The summed E-state index contributed by atoms with van der Waals surface area (Å²) in [4.78, 5) is 12.1. The molecule has 0 radical (unpaired) electrons. The maximum Gasteiger partial charge on any atom is 0.226 e. The lowest BCUT2D eigenvalue weighted by Crippen LogP contribution is -2.25. The van der Waals surface area contributed by atoms with Crippen molar-refractivity contribution in [3.8, 4) is 0 Å². The van der Waals surface area contributed by atoms with Gasteiger partial charge in [0, 0.05) is 18.3 Å². The molecule has 1 amide bonds. The van der Waals surface area contributed by atoms with E-state index in [-0.39, 0.29) is 18.1 Å². The summed E-state index contributed by atoms with van der Waals surface area (Å²) in [5.41, 5.74) is 2.04. The van der Waals surface area contributed by atoms with Crippen molar-refractivity contribution in [3.05, 3.63) is 29.8 Å². The Kier molecular flexibility index (Phi) is 6.21. The number of benzene rings is 1. The standard InChI is InChI=1S/C17H26N2O2/c1-3-18-13(2)14-7-6-8-15(11-14)19-17(20)12-16-9-4-5-10-21-16/h6-8,11,13,16,18H,3-5,9-10,12H2,1-2H3,(H,19,20). The number of anilines is 1. The summed E-state index contributed by atoms with van der Waals surface area (Å²) in [5.74, 6) is 0.0372. The molecule has 1 aliphatic rings. The van der Waals surface area contributed by atoms with Gasteiger partial charge >= 0.3 is 0 Å². The normalized spacial score (nSPS) is 20.0. The smallest absolute Gasteiger partial charge is 0.226 e. The summed E-state index contributed by atoms with van der Waals surface area (Å²) in [7, 11) is 0. The largest absolute Gasteiger partial charge is 0.378 e. The highest BCUT2D eigenvalue weighted by Crippen LogP contribution is 2.19. The van der Waals surface area contributed by atoms with E-state index in [0.29, 0.717) is 6.42 Å². The molecular weight excluding hydrogens is 264 g/mol. The molecule has 1 aromatic carbocycles. The van der Waals surface area contributed by atoms with E-state index in [1.807, 2.05) is 18.2 Å². The van der Waals surface area contributed by atoms with Crippen molar-refractivity contribution < 1.29 is 9.53 Å². The molecule has 2 rings (SSSR count). The number of hydrogen-bond acceptors (Lipinski definition) is 3. The Bertz CT molecular complexity index is 456. The van der Waals surface area contributed by atoms with Gasteiger partial charge in [-0.2, -0.15) is 0 Å². The summed E-state index contributed by atoms with van der Waals surface area (Å²) in [6.45, 7) is 5.93. The number of rotatable bonds is 6. The van der Waals surface area contributed by atoms with Crippen LogP contribution in [0.5, 0.6) is 0 Å². The molecule has 0 aliphatic carbocycles. The van der Waals surface area contributed by atoms with Crippen LogP contribution < -0.4 is 10.6 Å². The third-order valence-electron chi connectivity index (χ3n) is 3.87. The van der Waals surface area contributed by atoms with Gasteiger partial charge in [0.25, 0.3) is 0 Å². The average molecular weight is 290 g/mol. The van der Waals surface area contributed by atoms with Crippen LogP contribution in [0.15, 0.2) is 24.3 Å². The number of amides is 1. The Balaban J connectivity index is 1.89. The lowest BCUT2D eigenvalue weighted by Gasteiger charge is -2.22. The van der Waals surface area contributed by atoms with Gasteiger partial charge in [0.2, 0.25) is 5.91 Å². The lowest BCUT2D eigenvalue weighted by molar-refractivity contribution is -0.119. The SMILES string of the molecule is CCNC(C)c1cccc(NC(=O)CC2CCCCO2)c1. The van der Waals surface area contributed by atoms with Gasteiger partial charge in [0.15, 0.2) is 0 Å². The average Bonchev–Trinajstić information content (AvgIpc) is 2.48. The first-order valence-electron chi connectivity index (χ1n) is 7.94. The zero-order valence-corrected chi connectivity index (χ0v) is 13.0. The number of nitrogens with one attached hydrogen (secondary N) is 2. The van der Waals surface area contributed by atoms with Crippen molar-refractivity contribution in [2.45, 2.75) is 51.7 Å². The number of carbonyl (C=O) groups is 1. The number of hydrogen-bond donors (Lipinski definition) is 2. The second-order valence-corrected chi connectivity index (χ2v) is 5.65. The Labute approximate surface area is 127 Å². The first-order chi connectivity index (χ1) is 10.2. The van der Waals surface area contributed by atoms with Crippen molar-refractivity contribution >= 4 is 11.6 Å². The molecule has 116 valence electrons. The highest BCUT2D eigenvalue weighted by Gasteiger charge is 2.17. The van der Waals surface area contributed by atoms with E-state index in [2.05, 4.69) is 30.5 Å². The van der Waals surface area contributed by atoms with Crippen molar-refractivity contribution in [2.24, 2.45) is 0 Å². The van der Waals surface area contributed by atoms with E-state index in [0.717, 1.165) is 38.1 Å². The molecule has 1 fully saturated rings. The summed E-state index contributed by atoms with van der Waals surface area (Å²) >= 11 is 0.